The van der Waals surface area contributed by atoms with Crippen LogP contribution in [0.2, 0.25) is 0 Å². The van der Waals surface area contributed by atoms with Crippen LogP contribution in [0.3, 0.4) is 0 Å². The van der Waals surface area contributed by atoms with E-state index in [4.69, 9.17) is 8.97 Å². The molecule has 0 aliphatic carbocycles. The van der Waals surface area contributed by atoms with E-state index in [1.54, 1.807) is 0 Å². The fourth-order valence-corrected chi connectivity index (χ4v) is 1.71. The molecule has 8 nitrogen and oxygen atoms in total. The zero-order chi connectivity index (χ0) is 14.6. The average molecular weight is 295 g/mol. The van der Waals surface area contributed by atoms with Gasteiger partial charge < -0.3 is 4.42 Å². The van der Waals surface area contributed by atoms with Crippen molar-refractivity contribution < 1.29 is 22.2 Å². The van der Waals surface area contributed by atoms with Gasteiger partial charge in [-0.2, -0.15) is 13.5 Å². The van der Waals surface area contributed by atoms with Gasteiger partial charge in [0.15, 0.2) is 0 Å². The van der Waals surface area contributed by atoms with E-state index in [-0.39, 0.29) is 5.76 Å². The van der Waals surface area contributed by atoms with E-state index >= 15 is 0 Å². The summed E-state index contributed by atoms with van der Waals surface area (Å²) in [6.07, 6.45) is 4.03. The zero-order valence-corrected chi connectivity index (χ0v) is 10.7. The van der Waals surface area contributed by atoms with Gasteiger partial charge in [-0.25, -0.2) is 5.43 Å². The number of furan rings is 1. The summed E-state index contributed by atoms with van der Waals surface area (Å²) in [7, 11) is -4.39. The molecule has 0 saturated carbocycles. The molecule has 0 radical (unpaired) electrons. The van der Waals surface area contributed by atoms with Crippen LogP contribution in [-0.2, 0) is 10.1 Å². The maximum Gasteiger partial charge on any atom is 0.328 e. The number of amides is 1. The number of rotatable bonds is 4. The quantitative estimate of drug-likeness (QED) is 0.486. The van der Waals surface area contributed by atoms with Crippen LogP contribution >= 0.6 is 0 Å². The molecule has 0 aliphatic heterocycles. The van der Waals surface area contributed by atoms with Crippen LogP contribution in [0.1, 0.15) is 16.1 Å². The van der Waals surface area contributed by atoms with Crippen molar-refractivity contribution in [3.8, 4) is 0 Å². The molecule has 2 rings (SSSR count). The van der Waals surface area contributed by atoms with Crippen molar-refractivity contribution in [3.63, 3.8) is 0 Å². The van der Waals surface area contributed by atoms with Crippen molar-refractivity contribution in [1.29, 1.82) is 0 Å². The summed E-state index contributed by atoms with van der Waals surface area (Å²) < 4.78 is 35.0. The Bertz CT molecular complexity index is 736. The summed E-state index contributed by atoms with van der Waals surface area (Å²) in [5, 5.41) is 3.00. The third kappa shape index (κ3) is 3.49. The second-order valence-corrected chi connectivity index (χ2v) is 4.92. The molecule has 1 amide bonds. The predicted octanol–water partition coefficient (Wildman–Crippen LogP) is 0.685. The Kier molecular flexibility index (Phi) is 3.91. The van der Waals surface area contributed by atoms with E-state index in [2.05, 4.69) is 15.5 Å². The highest BCUT2D eigenvalue weighted by Crippen LogP contribution is 2.11. The Morgan fingerprint density at radius 1 is 1.30 bits per heavy atom. The predicted molar refractivity (Wildman–Crippen MR) is 67.8 cm³/mol. The Morgan fingerprint density at radius 3 is 2.60 bits per heavy atom. The van der Waals surface area contributed by atoms with Crippen LogP contribution in [0.15, 0.2) is 51.3 Å². The summed E-state index contributed by atoms with van der Waals surface area (Å²) in [4.78, 5) is 15.3. The summed E-state index contributed by atoms with van der Waals surface area (Å²) in [5.41, 5.74) is 2.60. The molecule has 2 aromatic heterocycles. The molecule has 0 fully saturated rings. The highest BCUT2D eigenvalue weighted by molar-refractivity contribution is 7.85. The zero-order valence-electron chi connectivity index (χ0n) is 9.92. The number of nitrogens with zero attached hydrogens (tertiary/aromatic N) is 2. The number of nitrogens with one attached hydrogen (secondary N) is 1. The number of carbonyl (C=O) groups is 1. The van der Waals surface area contributed by atoms with Gasteiger partial charge in [0.2, 0.25) is 5.09 Å². The fourth-order valence-electron chi connectivity index (χ4n) is 1.26. The smallest absolute Gasteiger partial charge is 0.328 e. The normalized spacial score (nSPS) is 11.7. The highest BCUT2D eigenvalue weighted by Gasteiger charge is 2.14. The Labute approximate surface area is 113 Å². The minimum Gasteiger partial charge on any atom is -0.441 e. The molecule has 9 heteroatoms. The first kappa shape index (κ1) is 13.9. The second kappa shape index (κ2) is 5.63. The fraction of sp³-hybridized carbons (Fsp3) is 0. The molecule has 20 heavy (non-hydrogen) atoms. The third-order valence-corrected chi connectivity index (χ3v) is 2.88. The molecule has 104 valence electrons. The maximum atomic E-state index is 11.6. The minimum absolute atomic E-state index is 0.0626. The van der Waals surface area contributed by atoms with Gasteiger partial charge in [-0.05, 0) is 24.3 Å². The van der Waals surface area contributed by atoms with Gasteiger partial charge in [-0.1, -0.05) is 0 Å². The van der Waals surface area contributed by atoms with E-state index in [0.717, 1.165) is 12.3 Å². The molecular weight excluding hydrogens is 286 g/mol. The summed E-state index contributed by atoms with van der Waals surface area (Å²) in [6.45, 7) is 0. The number of carbonyl (C=O) groups excluding carboxylic acids is 1. The molecule has 0 spiro atoms. The van der Waals surface area contributed by atoms with Crippen molar-refractivity contribution in [2.24, 2.45) is 5.10 Å². The first-order chi connectivity index (χ1) is 9.47. The van der Waals surface area contributed by atoms with E-state index in [9.17, 15) is 13.2 Å². The van der Waals surface area contributed by atoms with Crippen LogP contribution in [0, 0.1) is 0 Å². The van der Waals surface area contributed by atoms with Crippen LogP contribution < -0.4 is 5.43 Å². The lowest BCUT2D eigenvalue weighted by molar-refractivity contribution is 0.0955. The number of aromatic nitrogens is 1. The molecule has 2 N–H and O–H groups in total. The van der Waals surface area contributed by atoms with E-state index < -0.39 is 21.1 Å². The minimum atomic E-state index is -4.39. The van der Waals surface area contributed by atoms with Gasteiger partial charge in [0.05, 0.1) is 6.21 Å². The van der Waals surface area contributed by atoms with E-state index in [1.807, 2.05) is 0 Å². The van der Waals surface area contributed by atoms with Crippen LogP contribution in [0.4, 0.5) is 0 Å². The summed E-state index contributed by atoms with van der Waals surface area (Å²) in [5.74, 6) is -0.391. The average Bonchev–Trinajstić information content (AvgIpc) is 2.88. The molecular formula is C11H9N3O5S. The molecule has 0 bridgehead atoms. The van der Waals surface area contributed by atoms with Crippen molar-refractivity contribution in [2.75, 3.05) is 0 Å². The third-order valence-electron chi connectivity index (χ3n) is 2.16. The second-order valence-electron chi connectivity index (χ2n) is 3.57. The Morgan fingerprint density at radius 2 is 2.00 bits per heavy atom. The number of pyridine rings is 1. The largest absolute Gasteiger partial charge is 0.441 e. The maximum absolute atomic E-state index is 11.6. The van der Waals surface area contributed by atoms with Crippen molar-refractivity contribution in [2.45, 2.75) is 5.09 Å². The first-order valence-corrected chi connectivity index (χ1v) is 6.71. The van der Waals surface area contributed by atoms with Crippen LogP contribution in [0.5, 0.6) is 0 Å². The molecule has 0 aromatic carbocycles. The Balaban J connectivity index is 2.01. The standard InChI is InChI=1S/C11H9N3O5S/c15-11(8-3-5-12-6-4-8)14-13-7-9-1-2-10(19-9)20(16,17)18/h1-7H,(H,14,15)(H,16,17,18). The van der Waals surface area contributed by atoms with Gasteiger partial charge in [0.25, 0.3) is 5.91 Å². The Hall–Kier alpha value is -2.52. The van der Waals surface area contributed by atoms with Gasteiger partial charge in [-0.3, -0.25) is 14.3 Å². The molecule has 2 heterocycles. The molecule has 2 aromatic rings. The highest BCUT2D eigenvalue weighted by atomic mass is 32.2. The van der Waals surface area contributed by atoms with Crippen LogP contribution in [-0.4, -0.2) is 30.1 Å². The monoisotopic (exact) mass is 295 g/mol. The summed E-state index contributed by atoms with van der Waals surface area (Å²) >= 11 is 0. The SMILES string of the molecule is O=C(NN=Cc1ccc(S(=O)(=O)O)o1)c1ccncc1. The van der Waals surface area contributed by atoms with Crippen LogP contribution in [0.25, 0.3) is 0 Å². The van der Waals surface area contributed by atoms with E-state index in [0.29, 0.717) is 5.56 Å². The van der Waals surface area contributed by atoms with Gasteiger partial charge in [0.1, 0.15) is 5.76 Å². The molecule has 0 aliphatic rings. The van der Waals surface area contributed by atoms with Crippen molar-refractivity contribution in [3.05, 3.63) is 48.0 Å². The topological polar surface area (TPSA) is 122 Å². The molecule has 0 saturated heterocycles. The number of hydrogen-bond donors (Lipinski definition) is 2. The molecule has 0 unspecified atom stereocenters. The van der Waals surface area contributed by atoms with Gasteiger partial charge in [0, 0.05) is 18.0 Å². The van der Waals surface area contributed by atoms with Gasteiger partial charge >= 0.3 is 10.1 Å². The lowest BCUT2D eigenvalue weighted by Crippen LogP contribution is -2.17. The lowest BCUT2D eigenvalue weighted by atomic mass is 10.3. The van der Waals surface area contributed by atoms with Gasteiger partial charge in [-0.15, -0.1) is 0 Å². The lowest BCUT2D eigenvalue weighted by Gasteiger charge is -1.97. The van der Waals surface area contributed by atoms with Crippen molar-refractivity contribution in [1.82, 2.24) is 10.4 Å². The number of hydrogen-bond acceptors (Lipinski definition) is 6. The van der Waals surface area contributed by atoms with Crippen molar-refractivity contribution >= 4 is 22.2 Å². The first-order valence-electron chi connectivity index (χ1n) is 5.27. The molecule has 0 atom stereocenters. The summed E-state index contributed by atoms with van der Waals surface area (Å²) in [6, 6.07) is 5.37. The number of hydrazone groups is 1. The van der Waals surface area contributed by atoms with E-state index in [1.165, 1.54) is 30.6 Å².